The molecule has 0 unspecified atom stereocenters. The standard InChI is InChI=1S/3C15H25B5N7/c1-16-22(4)18(3)27-19-15-11-12-21-25(15)13-9-7-8-10-14(13)26(19)17(2)24(6)20(27)23(16)5;1-16-22(4)17(2)27-18(3)23(5)19-15-11-12-21-25(15)13-9-7-8-10-14(13)26(19)20(27)24(16)6;1-16-22(4)17(2)27-18(3)26-14-10-8-7-9-13(14)25-15(11-12-21-25)19(26)24(6)20(27)23(16)5/h3*7-11H,12H2,1-6H3/q3*+1. The number of hydrogen-bond acceptors (Lipinski definition) is 18. The monoisotopic (exact) mass is 1070 g/mol. The Bertz CT molecular complexity index is 3140. The Kier molecular flexibility index (Phi) is 14.2. The number of para-hydroxylation sites is 6. The first-order valence-corrected chi connectivity index (χ1v) is 29.7. The molecule has 402 valence electrons. The molecule has 3 aromatic carbocycles. The zero-order valence-corrected chi connectivity index (χ0v) is 51.3. The number of hydrogen-bond donors (Lipinski definition) is 0. The minimum Gasteiger partial charge on any atom is -0.421 e. The first-order chi connectivity index (χ1) is 38.8. The van der Waals surface area contributed by atoms with E-state index in [0.717, 1.165) is 19.6 Å². The van der Waals surface area contributed by atoms with Crippen molar-refractivity contribution in [1.29, 1.82) is 0 Å². The summed E-state index contributed by atoms with van der Waals surface area (Å²) in [6, 6.07) is 26.0. The second-order valence-electron chi connectivity index (χ2n) is 24.7. The highest BCUT2D eigenvalue weighted by atomic mass is 15.5. The van der Waals surface area contributed by atoms with Gasteiger partial charge in [0.05, 0.1) is 17.1 Å². The molecule has 0 spiro atoms. The van der Waals surface area contributed by atoms with Gasteiger partial charge >= 0.3 is 56.3 Å². The molecule has 0 radical (unpaired) electrons. The summed E-state index contributed by atoms with van der Waals surface area (Å²) in [5.74, 6) is 0. The molecule has 0 N–H and O–H groups in total. The SMILES string of the molecule is CB1N(C)B(C)N2B(C)N(C)B3C4=CCN=[N+]4c4ccccc4N3B2N1C.CB1N(C)B(C)N2B(N1C)N(C)B(C)N1B2C2=CCN=[N+]2c2ccccc21.CB1N(C)B(C)N2B(N1C)N(C)B1C3=CCN=[N+]3c3ccccc3N1B2C. The van der Waals surface area contributed by atoms with Gasteiger partial charge in [0.2, 0.25) is 16.8 Å². The average molecular weight is 1070 g/mol. The van der Waals surface area contributed by atoms with Gasteiger partial charge < -0.3 is 70.6 Å². The third kappa shape index (κ3) is 7.97. The Morgan fingerprint density at radius 3 is 1.09 bits per heavy atom. The molecule has 0 amide bonds. The molecule has 3 aromatic rings. The number of fused-ring (bicyclic) bond motifs is 23. The van der Waals surface area contributed by atoms with Crippen molar-refractivity contribution < 1.29 is 14.1 Å². The molecule has 6 saturated heterocycles. The van der Waals surface area contributed by atoms with Crippen LogP contribution in [0.15, 0.2) is 123 Å². The Morgan fingerprint density at radius 2 is 0.630 bits per heavy atom. The van der Waals surface area contributed by atoms with Crippen LogP contribution in [0.5, 0.6) is 0 Å². The van der Waals surface area contributed by atoms with Gasteiger partial charge in [0.25, 0.3) is 65.9 Å². The molecule has 0 saturated carbocycles. The molecule has 0 aromatic heterocycles. The van der Waals surface area contributed by atoms with Crippen LogP contribution in [0.1, 0.15) is 0 Å². The number of azo groups is 6. The Labute approximate surface area is 489 Å². The predicted octanol–water partition coefficient (Wildman–Crippen LogP) is 2.97. The smallest absolute Gasteiger partial charge is 0.421 e. The highest BCUT2D eigenvalue weighted by Gasteiger charge is 2.68. The van der Waals surface area contributed by atoms with Crippen LogP contribution in [0.3, 0.4) is 0 Å². The highest BCUT2D eigenvalue weighted by molar-refractivity contribution is 7.06. The van der Waals surface area contributed by atoms with E-state index in [1.165, 1.54) is 50.9 Å². The molecule has 21 nitrogen and oxygen atoms in total. The van der Waals surface area contributed by atoms with Crippen LogP contribution in [0.2, 0.25) is 61.4 Å². The summed E-state index contributed by atoms with van der Waals surface area (Å²) in [6.07, 6.45) is 6.87. The maximum Gasteiger partial charge on any atom is 0.439 e. The Hall–Kier alpha value is -4.43. The fourth-order valence-electron chi connectivity index (χ4n) is 16.0. The Balaban J connectivity index is 0.000000114. The van der Waals surface area contributed by atoms with Gasteiger partial charge in [0, 0.05) is 36.4 Å². The molecule has 12 aliphatic rings. The van der Waals surface area contributed by atoms with E-state index in [2.05, 4.69) is 301 Å². The van der Waals surface area contributed by atoms with Crippen LogP contribution >= 0.6 is 0 Å². The second-order valence-corrected chi connectivity index (χ2v) is 24.7. The lowest BCUT2D eigenvalue weighted by atomic mass is 9.34. The molecule has 0 atom stereocenters. The fourth-order valence-corrected chi connectivity index (χ4v) is 16.0. The number of nitrogens with zero attached hydrogens (tertiary/aromatic N) is 21. The molecule has 81 heavy (non-hydrogen) atoms. The summed E-state index contributed by atoms with van der Waals surface area (Å²) < 4.78 is 44.4. The van der Waals surface area contributed by atoms with Gasteiger partial charge in [-0.05, 0) is 97.0 Å². The van der Waals surface area contributed by atoms with Crippen LogP contribution in [0.25, 0.3) is 0 Å². The van der Waals surface area contributed by atoms with Crippen molar-refractivity contribution in [1.82, 2.24) is 56.4 Å². The van der Waals surface area contributed by atoms with E-state index < -0.39 is 0 Å². The van der Waals surface area contributed by atoms with E-state index in [0.29, 0.717) is 48.9 Å². The van der Waals surface area contributed by atoms with Gasteiger partial charge in [-0.15, -0.1) is 0 Å². The third-order valence-electron chi connectivity index (χ3n) is 21.4. The van der Waals surface area contributed by atoms with Gasteiger partial charge in [-0.2, -0.15) is 0 Å². The lowest BCUT2D eigenvalue weighted by molar-refractivity contribution is -0.445. The summed E-state index contributed by atoms with van der Waals surface area (Å²) in [4.78, 5) is 0. The molecular formula is C45H75B15N21+3. The topological polar surface area (TPSA) is 94.7 Å². The van der Waals surface area contributed by atoms with Crippen molar-refractivity contribution in [2.75, 3.05) is 97.2 Å². The van der Waals surface area contributed by atoms with Crippen molar-refractivity contribution in [3.8, 4) is 0 Å². The minimum absolute atomic E-state index is 0.176. The molecule has 0 aliphatic carbocycles. The highest BCUT2D eigenvalue weighted by Crippen LogP contribution is 2.47. The third-order valence-corrected chi connectivity index (χ3v) is 21.4. The molecule has 12 aliphatic heterocycles. The van der Waals surface area contributed by atoms with Crippen LogP contribution in [-0.2, 0) is 0 Å². The largest absolute Gasteiger partial charge is 0.439 e. The van der Waals surface area contributed by atoms with Gasteiger partial charge in [-0.1, -0.05) is 112 Å². The second kappa shape index (κ2) is 20.7. The number of benzene rings is 3. The van der Waals surface area contributed by atoms with E-state index in [-0.39, 0.29) is 56.3 Å². The molecule has 0 bridgehead atoms. The van der Waals surface area contributed by atoms with E-state index in [1.54, 1.807) is 0 Å². The summed E-state index contributed by atoms with van der Waals surface area (Å²) in [7, 11) is 20.9. The van der Waals surface area contributed by atoms with E-state index >= 15 is 0 Å². The lowest BCUT2D eigenvalue weighted by Gasteiger charge is -2.61. The Morgan fingerprint density at radius 1 is 0.309 bits per heavy atom. The fraction of sp³-hybridized carbons (Fsp3) is 0.467. The maximum atomic E-state index is 4.80. The van der Waals surface area contributed by atoms with Crippen molar-refractivity contribution in [2.45, 2.75) is 61.4 Å². The molecular weight excluding hydrogens is 997 g/mol. The van der Waals surface area contributed by atoms with Crippen LogP contribution in [-0.4, -0.2) is 259 Å². The maximum absolute atomic E-state index is 4.80. The van der Waals surface area contributed by atoms with E-state index in [1.807, 2.05) is 0 Å². The lowest BCUT2D eigenvalue weighted by Crippen LogP contribution is -2.89. The number of anilines is 3. The normalized spacial score (nSPS) is 23.9. The van der Waals surface area contributed by atoms with Crippen molar-refractivity contribution in [3.63, 3.8) is 0 Å². The number of rotatable bonds is 0. The molecule has 15 rings (SSSR count). The van der Waals surface area contributed by atoms with E-state index in [4.69, 9.17) is 15.3 Å². The summed E-state index contributed by atoms with van der Waals surface area (Å²) >= 11 is 0. The first kappa shape index (κ1) is 55.7. The van der Waals surface area contributed by atoms with Gasteiger partial charge in [-0.25, -0.2) is 0 Å². The molecule has 6 fully saturated rings. The van der Waals surface area contributed by atoms with Gasteiger partial charge in [0.15, 0.2) is 0 Å². The zero-order chi connectivity index (χ0) is 57.1. The minimum atomic E-state index is 0.176. The summed E-state index contributed by atoms with van der Waals surface area (Å²) in [6.45, 7) is 26.7. The average Bonchev–Trinajstić information content (AvgIpc) is 4.46. The zero-order valence-electron chi connectivity index (χ0n) is 51.3. The summed E-state index contributed by atoms with van der Waals surface area (Å²) in [5, 5.41) is 14.3. The quantitative estimate of drug-likeness (QED) is 0.244. The summed E-state index contributed by atoms with van der Waals surface area (Å²) in [5.41, 5.74) is 11.2. The van der Waals surface area contributed by atoms with Crippen LogP contribution in [0, 0.1) is 0 Å². The van der Waals surface area contributed by atoms with Gasteiger partial charge in [0.1, 0.15) is 19.6 Å². The van der Waals surface area contributed by atoms with Crippen molar-refractivity contribution in [3.05, 3.63) is 108 Å². The van der Waals surface area contributed by atoms with Crippen molar-refractivity contribution >= 4 is 139 Å². The first-order valence-electron chi connectivity index (χ1n) is 29.7. The van der Waals surface area contributed by atoms with E-state index in [9.17, 15) is 0 Å². The van der Waals surface area contributed by atoms with Crippen molar-refractivity contribution in [2.24, 2.45) is 15.3 Å². The molecule has 36 heteroatoms. The van der Waals surface area contributed by atoms with Crippen LogP contribution in [0.4, 0.5) is 34.1 Å². The van der Waals surface area contributed by atoms with Gasteiger partial charge in [-0.3, -0.25) is 0 Å². The predicted molar refractivity (Wildman–Crippen MR) is 347 cm³/mol. The van der Waals surface area contributed by atoms with Crippen LogP contribution < -0.4 is 14.2 Å². The molecule has 12 heterocycles.